The van der Waals surface area contributed by atoms with Gasteiger partial charge in [-0.15, -0.1) is 0 Å². The highest BCUT2D eigenvalue weighted by Gasteiger charge is 2.60. The molecule has 0 aliphatic carbocycles. The third-order valence-corrected chi connectivity index (χ3v) is 2.09. The van der Waals surface area contributed by atoms with Crippen LogP contribution in [-0.2, 0) is 15.3 Å². The fraction of sp³-hybridized carbons (Fsp3) is 0.222. The summed E-state index contributed by atoms with van der Waals surface area (Å²) in [6.07, 6.45) is 0. The van der Waals surface area contributed by atoms with Gasteiger partial charge in [0, 0.05) is 5.56 Å². The second-order valence-corrected chi connectivity index (χ2v) is 3.08. The fourth-order valence-corrected chi connectivity index (χ4v) is 1.29. The number of benzene rings is 1. The van der Waals surface area contributed by atoms with Crippen LogP contribution in [0, 0.1) is 0 Å². The fourth-order valence-electron chi connectivity index (χ4n) is 1.29. The Kier molecular flexibility index (Phi) is 3.27. The second-order valence-electron chi connectivity index (χ2n) is 3.08. The van der Waals surface area contributed by atoms with Gasteiger partial charge < -0.3 is 20.4 Å². The molecule has 0 bridgehead atoms. The minimum atomic E-state index is -3.78. The molecule has 1 aromatic rings. The van der Waals surface area contributed by atoms with Crippen LogP contribution >= 0.6 is 0 Å². The molecule has 0 aromatic heterocycles. The minimum absolute atomic E-state index is 0.336. The number of aliphatic hydroxyl groups is 3. The molecule has 88 valence electrons. The van der Waals surface area contributed by atoms with Crippen molar-refractivity contribution < 1.29 is 35.4 Å². The van der Waals surface area contributed by atoms with Gasteiger partial charge in [-0.3, -0.25) is 0 Å². The van der Waals surface area contributed by atoms with Gasteiger partial charge in [-0.25, -0.2) is 14.9 Å². The van der Waals surface area contributed by atoms with E-state index in [9.17, 15) is 4.79 Å². The Morgan fingerprint density at radius 1 is 1.12 bits per heavy atom. The quantitative estimate of drug-likeness (QED) is 0.257. The SMILES string of the molecule is O=C(O)C(OO)(c1ccccc1)C(O)(O)O. The van der Waals surface area contributed by atoms with Gasteiger partial charge in [0.25, 0.3) is 0 Å². The van der Waals surface area contributed by atoms with Crippen molar-refractivity contribution in [1.82, 2.24) is 0 Å². The molecule has 0 radical (unpaired) electrons. The average Bonchev–Trinajstić information content (AvgIpc) is 2.18. The zero-order valence-corrected chi connectivity index (χ0v) is 7.94. The van der Waals surface area contributed by atoms with Gasteiger partial charge in [-0.2, -0.15) is 0 Å². The van der Waals surface area contributed by atoms with Gasteiger partial charge in [-0.1, -0.05) is 30.3 Å². The van der Waals surface area contributed by atoms with Crippen molar-refractivity contribution >= 4 is 5.97 Å². The van der Waals surface area contributed by atoms with Gasteiger partial charge >= 0.3 is 17.5 Å². The molecule has 7 nitrogen and oxygen atoms in total. The molecule has 0 fully saturated rings. The molecule has 0 saturated carbocycles. The highest BCUT2D eigenvalue weighted by molar-refractivity contribution is 5.80. The largest absolute Gasteiger partial charge is 0.479 e. The van der Waals surface area contributed by atoms with Crippen molar-refractivity contribution in [3.8, 4) is 0 Å². The van der Waals surface area contributed by atoms with E-state index in [0.29, 0.717) is 0 Å². The molecule has 0 spiro atoms. The van der Waals surface area contributed by atoms with Gasteiger partial charge in [0.15, 0.2) is 0 Å². The van der Waals surface area contributed by atoms with Gasteiger partial charge in [0.05, 0.1) is 0 Å². The smallest absolute Gasteiger partial charge is 0.352 e. The molecule has 0 heterocycles. The van der Waals surface area contributed by atoms with Crippen LogP contribution in [-0.4, -0.2) is 37.6 Å². The summed E-state index contributed by atoms with van der Waals surface area (Å²) in [5, 5.41) is 44.4. The lowest BCUT2D eigenvalue weighted by Crippen LogP contribution is -2.58. The van der Waals surface area contributed by atoms with E-state index in [1.807, 2.05) is 0 Å². The number of aliphatic carboxylic acids is 1. The zero-order valence-electron chi connectivity index (χ0n) is 7.94. The Morgan fingerprint density at radius 2 is 1.62 bits per heavy atom. The number of carbonyl (C=O) groups is 1. The Hall–Kier alpha value is -1.51. The second kappa shape index (κ2) is 4.16. The molecule has 7 heteroatoms. The lowest BCUT2D eigenvalue weighted by atomic mass is 9.91. The third-order valence-electron chi connectivity index (χ3n) is 2.09. The summed E-state index contributed by atoms with van der Waals surface area (Å²) in [6.45, 7) is 0. The van der Waals surface area contributed by atoms with E-state index >= 15 is 0 Å². The molecule has 1 rings (SSSR count). The monoisotopic (exact) mass is 230 g/mol. The van der Waals surface area contributed by atoms with Crippen LogP contribution in [0.1, 0.15) is 5.56 Å². The van der Waals surface area contributed by atoms with Crippen LogP contribution in [0.3, 0.4) is 0 Å². The highest BCUT2D eigenvalue weighted by atomic mass is 17.1. The predicted octanol–water partition coefficient (Wildman–Crippen LogP) is -0.913. The molecule has 16 heavy (non-hydrogen) atoms. The average molecular weight is 230 g/mol. The number of hydrogen-bond donors (Lipinski definition) is 5. The molecule has 0 saturated heterocycles. The summed E-state index contributed by atoms with van der Waals surface area (Å²) in [6, 6.07) is 6.56. The summed E-state index contributed by atoms with van der Waals surface area (Å²) < 4.78 is 0. The Balaban J connectivity index is 3.42. The van der Waals surface area contributed by atoms with Crippen LogP contribution in [0.25, 0.3) is 0 Å². The van der Waals surface area contributed by atoms with E-state index in [0.717, 1.165) is 12.1 Å². The number of rotatable bonds is 4. The molecule has 0 aliphatic rings. The van der Waals surface area contributed by atoms with E-state index in [1.165, 1.54) is 18.2 Å². The number of carboxylic acid groups (broad SMARTS) is 1. The molecule has 0 amide bonds. The zero-order chi connectivity index (χ0) is 12.4. The normalized spacial score (nSPS) is 15.5. The van der Waals surface area contributed by atoms with Gasteiger partial charge in [0.2, 0.25) is 0 Å². The lowest BCUT2D eigenvalue weighted by Gasteiger charge is -2.32. The van der Waals surface area contributed by atoms with Crippen LogP contribution in [0.5, 0.6) is 0 Å². The van der Waals surface area contributed by atoms with E-state index in [4.69, 9.17) is 25.7 Å². The summed E-state index contributed by atoms with van der Waals surface area (Å²) in [5.41, 5.74) is -3.42. The first-order valence-electron chi connectivity index (χ1n) is 4.15. The first-order valence-corrected chi connectivity index (χ1v) is 4.15. The topological polar surface area (TPSA) is 127 Å². The maximum absolute atomic E-state index is 10.9. The maximum atomic E-state index is 10.9. The number of carboxylic acids is 1. The van der Waals surface area contributed by atoms with Gasteiger partial charge in [0.1, 0.15) is 0 Å². The summed E-state index contributed by atoms with van der Waals surface area (Å²) in [5.74, 6) is -5.75. The summed E-state index contributed by atoms with van der Waals surface area (Å²) in [4.78, 5) is 14.5. The standard InChI is InChI=1S/C9H10O7/c10-7(11)8(16-15,9(12,13)14)6-4-2-1-3-5-6/h1-5,12-15H,(H,10,11). The highest BCUT2D eigenvalue weighted by Crippen LogP contribution is 2.33. The van der Waals surface area contributed by atoms with Crippen molar-refractivity contribution in [2.45, 2.75) is 11.6 Å². The van der Waals surface area contributed by atoms with E-state index in [-0.39, 0.29) is 5.56 Å². The molecule has 1 unspecified atom stereocenters. The molecule has 1 aromatic carbocycles. The van der Waals surface area contributed by atoms with Crippen LogP contribution in [0.15, 0.2) is 30.3 Å². The molecule has 5 N–H and O–H groups in total. The van der Waals surface area contributed by atoms with Crippen molar-refractivity contribution in [3.63, 3.8) is 0 Å². The van der Waals surface area contributed by atoms with Crippen molar-refractivity contribution in [1.29, 1.82) is 0 Å². The van der Waals surface area contributed by atoms with Crippen LogP contribution < -0.4 is 0 Å². The van der Waals surface area contributed by atoms with E-state index in [1.54, 1.807) is 0 Å². The molecular weight excluding hydrogens is 220 g/mol. The first-order chi connectivity index (χ1) is 7.36. The van der Waals surface area contributed by atoms with Gasteiger partial charge in [-0.05, 0) is 0 Å². The molecular formula is C9H10O7. The number of hydrogen-bond acceptors (Lipinski definition) is 6. The minimum Gasteiger partial charge on any atom is -0.479 e. The lowest BCUT2D eigenvalue weighted by molar-refractivity contribution is -0.458. The maximum Gasteiger partial charge on any atom is 0.352 e. The van der Waals surface area contributed by atoms with E-state index in [2.05, 4.69) is 4.89 Å². The van der Waals surface area contributed by atoms with Crippen LogP contribution in [0.2, 0.25) is 0 Å². The predicted molar refractivity (Wildman–Crippen MR) is 48.9 cm³/mol. The van der Waals surface area contributed by atoms with E-state index < -0.39 is 17.5 Å². The first kappa shape index (κ1) is 12.6. The van der Waals surface area contributed by atoms with Crippen molar-refractivity contribution in [2.75, 3.05) is 0 Å². The Bertz CT molecular complexity index is 369. The van der Waals surface area contributed by atoms with Crippen molar-refractivity contribution in [2.24, 2.45) is 0 Å². The molecule has 0 aliphatic heterocycles. The van der Waals surface area contributed by atoms with Crippen LogP contribution in [0.4, 0.5) is 0 Å². The van der Waals surface area contributed by atoms with Crippen molar-refractivity contribution in [3.05, 3.63) is 35.9 Å². The Labute approximate surface area is 89.7 Å². The summed E-state index contributed by atoms with van der Waals surface area (Å²) >= 11 is 0. The summed E-state index contributed by atoms with van der Waals surface area (Å²) in [7, 11) is 0. The Morgan fingerprint density at radius 3 is 1.94 bits per heavy atom. The molecule has 1 atom stereocenters. The third kappa shape index (κ3) is 1.77.